The lowest BCUT2D eigenvalue weighted by Gasteiger charge is -2.17. The monoisotopic (exact) mass is 300 g/mol. The van der Waals surface area contributed by atoms with Gasteiger partial charge in [0.05, 0.1) is 12.9 Å². The fourth-order valence-corrected chi connectivity index (χ4v) is 1.76. The maximum absolute atomic E-state index is 11.8. The second-order valence-corrected chi connectivity index (χ2v) is 6.00. The molecule has 6 nitrogen and oxygen atoms in total. The Morgan fingerprint density at radius 3 is 2.41 bits per heavy atom. The van der Waals surface area contributed by atoms with Crippen LogP contribution in [0.15, 0.2) is 43.0 Å². The molecule has 0 unspecified atom stereocenters. The van der Waals surface area contributed by atoms with E-state index >= 15 is 0 Å². The normalized spacial score (nSPS) is 11.0. The Labute approximate surface area is 129 Å². The molecule has 0 atom stereocenters. The molecule has 22 heavy (non-hydrogen) atoms. The summed E-state index contributed by atoms with van der Waals surface area (Å²) < 4.78 is 1.87. The van der Waals surface area contributed by atoms with Crippen LogP contribution in [-0.2, 0) is 9.59 Å². The van der Waals surface area contributed by atoms with Gasteiger partial charge in [0.15, 0.2) is 0 Å². The summed E-state index contributed by atoms with van der Waals surface area (Å²) in [5.74, 6) is -0.411. The van der Waals surface area contributed by atoms with E-state index in [2.05, 4.69) is 15.6 Å². The van der Waals surface area contributed by atoms with Crippen molar-refractivity contribution in [3.05, 3.63) is 43.0 Å². The van der Waals surface area contributed by atoms with Gasteiger partial charge in [-0.3, -0.25) is 9.59 Å². The largest absolute Gasteiger partial charge is 0.347 e. The van der Waals surface area contributed by atoms with Gasteiger partial charge in [-0.1, -0.05) is 20.8 Å². The van der Waals surface area contributed by atoms with Crippen LogP contribution in [0.4, 0.5) is 5.69 Å². The number of benzene rings is 1. The van der Waals surface area contributed by atoms with Crippen LogP contribution in [-0.4, -0.2) is 27.9 Å². The van der Waals surface area contributed by atoms with Crippen molar-refractivity contribution in [2.45, 2.75) is 20.8 Å². The minimum Gasteiger partial charge on any atom is -0.347 e. The van der Waals surface area contributed by atoms with Crippen molar-refractivity contribution in [3.8, 4) is 5.69 Å². The topological polar surface area (TPSA) is 76.0 Å². The molecular formula is C16H20N4O2. The van der Waals surface area contributed by atoms with Gasteiger partial charge in [-0.2, -0.15) is 0 Å². The van der Waals surface area contributed by atoms with Gasteiger partial charge in [0.2, 0.25) is 11.8 Å². The zero-order chi connectivity index (χ0) is 16.2. The summed E-state index contributed by atoms with van der Waals surface area (Å²) in [6, 6.07) is 7.37. The second-order valence-electron chi connectivity index (χ2n) is 6.00. The van der Waals surface area contributed by atoms with Crippen molar-refractivity contribution in [1.29, 1.82) is 0 Å². The van der Waals surface area contributed by atoms with Crippen molar-refractivity contribution in [2.24, 2.45) is 5.41 Å². The average Bonchev–Trinajstić information content (AvgIpc) is 2.98. The lowest BCUT2D eigenvalue weighted by molar-refractivity contribution is -0.130. The van der Waals surface area contributed by atoms with E-state index in [0.717, 1.165) is 5.69 Å². The maximum atomic E-state index is 11.8. The molecule has 1 aromatic carbocycles. The van der Waals surface area contributed by atoms with Crippen LogP contribution in [0.1, 0.15) is 20.8 Å². The smallest absolute Gasteiger partial charge is 0.243 e. The molecule has 1 heterocycles. The molecule has 2 aromatic rings. The number of carbonyl (C=O) groups is 2. The molecule has 116 valence electrons. The predicted octanol–water partition coefficient (Wildman–Crippen LogP) is 1.97. The number of aromatic nitrogens is 2. The maximum Gasteiger partial charge on any atom is 0.243 e. The molecule has 0 bridgehead atoms. The van der Waals surface area contributed by atoms with Gasteiger partial charge in [-0.15, -0.1) is 0 Å². The molecule has 0 aliphatic carbocycles. The number of nitrogens with zero attached hydrogens (tertiary/aromatic N) is 2. The third-order valence-electron chi connectivity index (χ3n) is 3.04. The zero-order valence-electron chi connectivity index (χ0n) is 13.0. The summed E-state index contributed by atoms with van der Waals surface area (Å²) in [6.45, 7) is 5.36. The minimum atomic E-state index is -0.507. The highest BCUT2D eigenvalue weighted by molar-refractivity contribution is 5.95. The van der Waals surface area contributed by atoms with Crippen LogP contribution in [0.2, 0.25) is 0 Å². The Bertz CT molecular complexity index is 640. The number of nitrogens with one attached hydrogen (secondary N) is 2. The number of amides is 2. The first-order chi connectivity index (χ1) is 10.4. The van der Waals surface area contributed by atoms with Crippen LogP contribution >= 0.6 is 0 Å². The van der Waals surface area contributed by atoms with Crippen molar-refractivity contribution in [3.63, 3.8) is 0 Å². The molecule has 0 spiro atoms. The van der Waals surface area contributed by atoms with Crippen molar-refractivity contribution < 1.29 is 9.59 Å². The molecule has 6 heteroatoms. The Hall–Kier alpha value is -2.63. The van der Waals surface area contributed by atoms with E-state index in [4.69, 9.17) is 0 Å². The van der Waals surface area contributed by atoms with Crippen molar-refractivity contribution in [2.75, 3.05) is 11.9 Å². The first-order valence-corrected chi connectivity index (χ1v) is 7.03. The first-order valence-electron chi connectivity index (χ1n) is 7.03. The van der Waals surface area contributed by atoms with E-state index in [1.807, 2.05) is 22.9 Å². The quantitative estimate of drug-likeness (QED) is 0.906. The van der Waals surface area contributed by atoms with Crippen LogP contribution in [0.5, 0.6) is 0 Å². The van der Waals surface area contributed by atoms with Gasteiger partial charge in [0.1, 0.15) is 0 Å². The number of hydrogen-bond acceptors (Lipinski definition) is 3. The standard InChI is InChI=1S/C16H20N4O2/c1-16(2,3)15(22)18-10-14(21)19-12-4-6-13(7-5-12)20-9-8-17-11-20/h4-9,11H,10H2,1-3H3,(H,18,22)(H,19,21). The highest BCUT2D eigenvalue weighted by atomic mass is 16.2. The summed E-state index contributed by atoms with van der Waals surface area (Å²) in [7, 11) is 0. The molecule has 0 saturated heterocycles. The van der Waals surface area contributed by atoms with E-state index < -0.39 is 5.41 Å². The molecular weight excluding hydrogens is 280 g/mol. The van der Waals surface area contributed by atoms with Crippen LogP contribution in [0.25, 0.3) is 5.69 Å². The Kier molecular flexibility index (Phi) is 4.60. The fourth-order valence-electron chi connectivity index (χ4n) is 1.76. The van der Waals surface area contributed by atoms with E-state index in [0.29, 0.717) is 5.69 Å². The molecule has 2 rings (SSSR count). The van der Waals surface area contributed by atoms with Gasteiger partial charge in [0.25, 0.3) is 0 Å². The summed E-state index contributed by atoms with van der Waals surface area (Å²) >= 11 is 0. The average molecular weight is 300 g/mol. The third-order valence-corrected chi connectivity index (χ3v) is 3.04. The SMILES string of the molecule is CC(C)(C)C(=O)NCC(=O)Nc1ccc(-n2ccnc2)cc1. The van der Waals surface area contributed by atoms with E-state index in [1.165, 1.54) is 0 Å². The highest BCUT2D eigenvalue weighted by Gasteiger charge is 2.21. The number of carbonyl (C=O) groups excluding carboxylic acids is 2. The van der Waals surface area contributed by atoms with E-state index in [1.54, 1.807) is 45.4 Å². The Morgan fingerprint density at radius 2 is 1.86 bits per heavy atom. The lowest BCUT2D eigenvalue weighted by Crippen LogP contribution is -2.39. The third kappa shape index (κ3) is 4.18. The number of rotatable bonds is 4. The van der Waals surface area contributed by atoms with Crippen LogP contribution in [0, 0.1) is 5.41 Å². The Morgan fingerprint density at radius 1 is 1.18 bits per heavy atom. The van der Waals surface area contributed by atoms with Gasteiger partial charge in [-0.05, 0) is 24.3 Å². The van der Waals surface area contributed by atoms with E-state index in [-0.39, 0.29) is 18.4 Å². The number of anilines is 1. The van der Waals surface area contributed by atoms with E-state index in [9.17, 15) is 9.59 Å². The van der Waals surface area contributed by atoms with Crippen LogP contribution < -0.4 is 10.6 Å². The highest BCUT2D eigenvalue weighted by Crippen LogP contribution is 2.13. The Balaban J connectivity index is 1.88. The number of hydrogen-bond donors (Lipinski definition) is 2. The van der Waals surface area contributed by atoms with Crippen LogP contribution in [0.3, 0.4) is 0 Å². The van der Waals surface area contributed by atoms with Gasteiger partial charge in [0, 0.05) is 29.2 Å². The van der Waals surface area contributed by atoms with Crippen molar-refractivity contribution in [1.82, 2.24) is 14.9 Å². The zero-order valence-corrected chi connectivity index (χ0v) is 13.0. The van der Waals surface area contributed by atoms with Gasteiger partial charge >= 0.3 is 0 Å². The summed E-state index contributed by atoms with van der Waals surface area (Å²) in [5, 5.41) is 5.36. The molecule has 0 radical (unpaired) electrons. The van der Waals surface area contributed by atoms with Gasteiger partial charge < -0.3 is 15.2 Å². The van der Waals surface area contributed by atoms with Gasteiger partial charge in [-0.25, -0.2) is 4.98 Å². The fraction of sp³-hybridized carbons (Fsp3) is 0.312. The summed E-state index contributed by atoms with van der Waals surface area (Å²) in [6.07, 6.45) is 5.25. The molecule has 0 saturated carbocycles. The number of imidazole rings is 1. The van der Waals surface area contributed by atoms with Crippen molar-refractivity contribution >= 4 is 17.5 Å². The summed E-state index contributed by atoms with van der Waals surface area (Å²) in [4.78, 5) is 27.5. The molecule has 0 aliphatic heterocycles. The molecule has 2 N–H and O–H groups in total. The first kappa shape index (κ1) is 15.8. The summed E-state index contributed by atoms with van der Waals surface area (Å²) in [5.41, 5.74) is 1.13. The molecule has 2 amide bonds. The molecule has 0 fully saturated rings. The minimum absolute atomic E-state index is 0.0423. The molecule has 0 aliphatic rings. The second kappa shape index (κ2) is 6.43. The predicted molar refractivity (Wildman–Crippen MR) is 84.7 cm³/mol. The lowest BCUT2D eigenvalue weighted by atomic mass is 9.96. The molecule has 1 aromatic heterocycles.